The Balaban J connectivity index is 1.55. The largest absolute Gasteiger partial charge is 0.454 e. The van der Waals surface area contributed by atoms with Crippen LogP contribution in [-0.4, -0.2) is 46.1 Å². The summed E-state index contributed by atoms with van der Waals surface area (Å²) in [4.78, 5) is 30.4. The van der Waals surface area contributed by atoms with Crippen molar-refractivity contribution < 1.29 is 19.1 Å². The van der Waals surface area contributed by atoms with Crippen molar-refractivity contribution in [3.05, 3.63) is 83.7 Å². The molecule has 1 aliphatic heterocycles. The van der Waals surface area contributed by atoms with Gasteiger partial charge in [-0.3, -0.25) is 9.59 Å². The molecular formula is C27H31N3O4. The van der Waals surface area contributed by atoms with Crippen LogP contribution >= 0.6 is 0 Å². The average molecular weight is 462 g/mol. The minimum Gasteiger partial charge on any atom is -0.454 e. The molecular weight excluding hydrogens is 430 g/mol. The predicted octanol–water partition coefficient (Wildman–Crippen LogP) is 4.08. The number of aryl methyl sites for hydroxylation is 1. The molecule has 0 N–H and O–H groups in total. The van der Waals surface area contributed by atoms with Gasteiger partial charge in [0, 0.05) is 37.6 Å². The van der Waals surface area contributed by atoms with Crippen LogP contribution in [0.2, 0.25) is 0 Å². The van der Waals surface area contributed by atoms with E-state index in [4.69, 9.17) is 9.47 Å². The number of amides is 2. The van der Waals surface area contributed by atoms with Gasteiger partial charge in [-0.1, -0.05) is 44.2 Å². The van der Waals surface area contributed by atoms with Gasteiger partial charge in [-0.15, -0.1) is 0 Å². The highest BCUT2D eigenvalue weighted by molar-refractivity contribution is 5.97. The molecule has 3 aromatic rings. The molecule has 0 saturated heterocycles. The van der Waals surface area contributed by atoms with Crippen LogP contribution in [0.3, 0.4) is 0 Å². The van der Waals surface area contributed by atoms with Crippen LogP contribution < -0.4 is 9.47 Å². The first-order valence-corrected chi connectivity index (χ1v) is 11.5. The Morgan fingerprint density at radius 1 is 0.941 bits per heavy atom. The molecule has 0 atom stereocenters. The molecule has 178 valence electrons. The lowest BCUT2D eigenvalue weighted by Gasteiger charge is -2.29. The second-order valence-electron chi connectivity index (χ2n) is 8.99. The Morgan fingerprint density at radius 3 is 2.41 bits per heavy atom. The van der Waals surface area contributed by atoms with E-state index in [2.05, 4.69) is 0 Å². The minimum absolute atomic E-state index is 0.00269. The number of fused-ring (bicyclic) bond motifs is 1. The number of benzene rings is 2. The molecule has 2 aromatic carbocycles. The maximum Gasteiger partial charge on any atom is 0.254 e. The third-order valence-electron chi connectivity index (χ3n) is 5.79. The lowest BCUT2D eigenvalue weighted by molar-refractivity contribution is -0.133. The molecule has 0 unspecified atom stereocenters. The van der Waals surface area contributed by atoms with Gasteiger partial charge < -0.3 is 23.8 Å². The molecule has 4 rings (SSSR count). The van der Waals surface area contributed by atoms with Gasteiger partial charge in [0.2, 0.25) is 12.7 Å². The zero-order valence-corrected chi connectivity index (χ0v) is 19.9. The first-order chi connectivity index (χ1) is 16.4. The fraction of sp³-hybridized carbons (Fsp3) is 0.333. The molecule has 0 radical (unpaired) electrons. The van der Waals surface area contributed by atoms with Crippen LogP contribution in [0, 0.1) is 5.92 Å². The molecule has 0 bridgehead atoms. The van der Waals surface area contributed by atoms with Crippen LogP contribution in [0.5, 0.6) is 11.5 Å². The Labute approximate surface area is 200 Å². The van der Waals surface area contributed by atoms with Crippen molar-refractivity contribution in [2.45, 2.75) is 26.9 Å². The zero-order chi connectivity index (χ0) is 24.1. The number of carbonyl (C=O) groups is 2. The van der Waals surface area contributed by atoms with E-state index in [-0.39, 0.29) is 31.1 Å². The number of hydrogen-bond acceptors (Lipinski definition) is 4. The van der Waals surface area contributed by atoms with Crippen LogP contribution in [0.4, 0.5) is 0 Å². The van der Waals surface area contributed by atoms with Gasteiger partial charge in [0.15, 0.2) is 11.5 Å². The van der Waals surface area contributed by atoms with Crippen molar-refractivity contribution in [3.8, 4) is 11.5 Å². The third-order valence-corrected chi connectivity index (χ3v) is 5.79. The molecule has 0 saturated carbocycles. The summed E-state index contributed by atoms with van der Waals surface area (Å²) in [7, 11) is 1.97. The average Bonchev–Trinajstić information content (AvgIpc) is 3.46. The van der Waals surface area contributed by atoms with E-state index in [9.17, 15) is 9.59 Å². The molecule has 7 heteroatoms. The molecule has 0 spiro atoms. The van der Waals surface area contributed by atoms with E-state index in [1.54, 1.807) is 23.1 Å². The molecule has 0 fully saturated rings. The quantitative estimate of drug-likeness (QED) is 0.482. The van der Waals surface area contributed by atoms with Crippen molar-refractivity contribution in [1.82, 2.24) is 14.4 Å². The highest BCUT2D eigenvalue weighted by atomic mass is 16.7. The van der Waals surface area contributed by atoms with E-state index < -0.39 is 0 Å². The van der Waals surface area contributed by atoms with Gasteiger partial charge >= 0.3 is 0 Å². The van der Waals surface area contributed by atoms with E-state index in [0.717, 1.165) is 11.3 Å². The second kappa shape index (κ2) is 10.5. The number of aromatic nitrogens is 1. The van der Waals surface area contributed by atoms with Crippen molar-refractivity contribution in [1.29, 1.82) is 0 Å². The van der Waals surface area contributed by atoms with E-state index >= 15 is 0 Å². The monoisotopic (exact) mass is 461 g/mol. The second-order valence-corrected chi connectivity index (χ2v) is 8.99. The summed E-state index contributed by atoms with van der Waals surface area (Å²) in [5, 5.41) is 0. The molecule has 1 aliphatic rings. The highest BCUT2D eigenvalue weighted by Crippen LogP contribution is 2.33. The summed E-state index contributed by atoms with van der Waals surface area (Å²) >= 11 is 0. The zero-order valence-electron chi connectivity index (χ0n) is 19.9. The predicted molar refractivity (Wildman–Crippen MR) is 129 cm³/mol. The SMILES string of the molecule is CC(C)CN(CC(=O)N(Cc1ccccc1)Cc1cccn1C)C(=O)c1ccc2c(c1)OCO2. The molecule has 7 nitrogen and oxygen atoms in total. The summed E-state index contributed by atoms with van der Waals surface area (Å²) in [5.74, 6) is 1.09. The fourth-order valence-corrected chi connectivity index (χ4v) is 4.03. The number of nitrogens with zero attached hydrogens (tertiary/aromatic N) is 3. The van der Waals surface area contributed by atoms with Crippen molar-refractivity contribution in [2.75, 3.05) is 19.9 Å². The summed E-state index contributed by atoms with van der Waals surface area (Å²) in [6, 6.07) is 19.0. The van der Waals surface area contributed by atoms with Gasteiger partial charge in [0.1, 0.15) is 6.54 Å². The maximum atomic E-state index is 13.6. The molecule has 2 heterocycles. The number of rotatable bonds is 9. The third kappa shape index (κ3) is 5.60. The summed E-state index contributed by atoms with van der Waals surface area (Å²) < 4.78 is 12.8. The van der Waals surface area contributed by atoms with E-state index in [1.807, 2.05) is 79.0 Å². The van der Waals surface area contributed by atoms with Crippen molar-refractivity contribution >= 4 is 11.8 Å². The molecule has 0 aliphatic carbocycles. The van der Waals surface area contributed by atoms with Crippen molar-refractivity contribution in [3.63, 3.8) is 0 Å². The minimum atomic E-state index is -0.195. The number of carbonyl (C=O) groups excluding carboxylic acids is 2. The Hall–Kier alpha value is -3.74. The topological polar surface area (TPSA) is 64.0 Å². The normalized spacial score (nSPS) is 12.1. The van der Waals surface area contributed by atoms with Gasteiger partial charge in [0.05, 0.1) is 6.54 Å². The maximum absolute atomic E-state index is 13.6. The summed E-state index contributed by atoms with van der Waals surface area (Å²) in [6.45, 7) is 5.63. The van der Waals surface area contributed by atoms with Crippen molar-refractivity contribution in [2.24, 2.45) is 13.0 Å². The van der Waals surface area contributed by atoms with Crippen LogP contribution in [0.15, 0.2) is 66.9 Å². The van der Waals surface area contributed by atoms with E-state index in [1.165, 1.54) is 0 Å². The Morgan fingerprint density at radius 2 is 1.71 bits per heavy atom. The van der Waals surface area contributed by atoms with Gasteiger partial charge in [0.25, 0.3) is 5.91 Å². The van der Waals surface area contributed by atoms with Gasteiger partial charge in [-0.2, -0.15) is 0 Å². The molecule has 34 heavy (non-hydrogen) atoms. The first-order valence-electron chi connectivity index (χ1n) is 11.5. The van der Waals surface area contributed by atoms with Crippen LogP contribution in [-0.2, 0) is 24.9 Å². The van der Waals surface area contributed by atoms with Gasteiger partial charge in [-0.25, -0.2) is 0 Å². The standard InChI is InChI=1S/C27H31N3O4/c1-20(2)15-30(27(32)22-11-12-24-25(14-22)34-19-33-24)18-26(31)29(16-21-8-5-4-6-9-21)17-23-10-7-13-28(23)3/h4-14,20H,15-19H2,1-3H3. The summed E-state index contributed by atoms with van der Waals surface area (Å²) in [6.07, 6.45) is 1.97. The smallest absolute Gasteiger partial charge is 0.254 e. The Bertz CT molecular complexity index is 1140. The summed E-state index contributed by atoms with van der Waals surface area (Å²) in [5.41, 5.74) is 2.55. The highest BCUT2D eigenvalue weighted by Gasteiger charge is 2.25. The lowest BCUT2D eigenvalue weighted by Crippen LogP contribution is -2.44. The number of hydrogen-bond donors (Lipinski definition) is 0. The van der Waals surface area contributed by atoms with Gasteiger partial charge in [-0.05, 0) is 41.8 Å². The molecule has 2 amide bonds. The molecule has 1 aromatic heterocycles. The Kier molecular flexibility index (Phi) is 7.21. The fourth-order valence-electron chi connectivity index (χ4n) is 4.03. The first kappa shape index (κ1) is 23.4. The lowest BCUT2D eigenvalue weighted by atomic mass is 10.1. The van der Waals surface area contributed by atoms with E-state index in [0.29, 0.717) is 36.7 Å². The van der Waals surface area contributed by atoms with Crippen LogP contribution in [0.25, 0.3) is 0 Å². The number of ether oxygens (including phenoxy) is 2. The van der Waals surface area contributed by atoms with Crippen LogP contribution in [0.1, 0.15) is 35.5 Å².